The fourth-order valence-electron chi connectivity index (χ4n) is 4.67. The number of nitrogens with one attached hydrogen (secondary N) is 1. The van der Waals surface area contributed by atoms with Gasteiger partial charge in [0, 0.05) is 12.2 Å². The highest BCUT2D eigenvalue weighted by Gasteiger charge is 2.30. The van der Waals surface area contributed by atoms with Gasteiger partial charge in [-0.25, -0.2) is 16.8 Å². The molecule has 0 saturated heterocycles. The van der Waals surface area contributed by atoms with Crippen LogP contribution in [-0.4, -0.2) is 23.4 Å². The molecule has 0 spiro atoms. The fraction of sp³-hybridized carbons (Fsp3) is 0.308. The Labute approximate surface area is 202 Å². The first-order valence-electron chi connectivity index (χ1n) is 11.3. The Morgan fingerprint density at radius 2 is 1.35 bits per heavy atom. The highest BCUT2D eigenvalue weighted by atomic mass is 32.2. The smallest absolute Gasteiger partial charge is 0.264 e. The van der Waals surface area contributed by atoms with Crippen molar-refractivity contribution >= 4 is 31.4 Å². The van der Waals surface area contributed by atoms with Gasteiger partial charge in [0.25, 0.3) is 20.0 Å². The van der Waals surface area contributed by atoms with Crippen molar-refractivity contribution in [2.75, 3.05) is 15.6 Å². The van der Waals surface area contributed by atoms with E-state index < -0.39 is 20.0 Å². The molecular formula is C26H30N2O4S2. The van der Waals surface area contributed by atoms with Crippen LogP contribution in [0.5, 0.6) is 0 Å². The maximum Gasteiger partial charge on any atom is 0.264 e. The molecule has 3 aromatic rings. The second-order valence-corrected chi connectivity index (χ2v) is 12.4. The van der Waals surface area contributed by atoms with E-state index in [2.05, 4.69) is 4.72 Å². The summed E-state index contributed by atoms with van der Waals surface area (Å²) in [6.07, 6.45) is 1.33. The summed E-state index contributed by atoms with van der Waals surface area (Å²) in [6.45, 7) is 9.95. The van der Waals surface area contributed by atoms with Gasteiger partial charge < -0.3 is 0 Å². The molecule has 34 heavy (non-hydrogen) atoms. The van der Waals surface area contributed by atoms with Crippen LogP contribution in [0.4, 0.5) is 11.4 Å². The molecule has 0 aliphatic carbocycles. The summed E-state index contributed by atoms with van der Waals surface area (Å²) < 4.78 is 57.4. The molecule has 6 nitrogen and oxygen atoms in total. The van der Waals surface area contributed by atoms with Crippen molar-refractivity contribution < 1.29 is 16.8 Å². The Balaban J connectivity index is 1.71. The molecule has 0 unspecified atom stereocenters. The Kier molecular flexibility index (Phi) is 6.25. The second-order valence-electron chi connectivity index (χ2n) is 8.90. The predicted octanol–water partition coefficient (Wildman–Crippen LogP) is 5.17. The Hall–Kier alpha value is -2.84. The van der Waals surface area contributed by atoms with Crippen LogP contribution in [-0.2, 0) is 26.5 Å². The quantitative estimate of drug-likeness (QED) is 0.526. The molecule has 3 aromatic carbocycles. The summed E-state index contributed by atoms with van der Waals surface area (Å²) in [5.74, 6) is 0. The summed E-state index contributed by atoms with van der Waals surface area (Å²) >= 11 is 0. The van der Waals surface area contributed by atoms with Crippen molar-refractivity contribution in [3.63, 3.8) is 0 Å². The van der Waals surface area contributed by atoms with Gasteiger partial charge in [-0.15, -0.1) is 0 Å². The monoisotopic (exact) mass is 498 g/mol. The zero-order chi connectivity index (χ0) is 24.8. The highest BCUT2D eigenvalue weighted by molar-refractivity contribution is 7.93. The van der Waals surface area contributed by atoms with Crippen LogP contribution in [0.2, 0.25) is 0 Å². The van der Waals surface area contributed by atoms with Gasteiger partial charge in [0.05, 0.1) is 15.5 Å². The zero-order valence-corrected chi connectivity index (χ0v) is 21.8. The largest absolute Gasteiger partial charge is 0.280 e. The lowest BCUT2D eigenvalue weighted by atomic mass is 9.95. The molecule has 1 heterocycles. The molecule has 4 rings (SSSR count). The number of anilines is 2. The van der Waals surface area contributed by atoms with Gasteiger partial charge in [0.15, 0.2) is 0 Å². The summed E-state index contributed by atoms with van der Waals surface area (Å²) in [5, 5.41) is 0. The first kappa shape index (κ1) is 24.3. The van der Waals surface area contributed by atoms with Crippen LogP contribution < -0.4 is 9.03 Å². The molecule has 0 bridgehead atoms. The number of benzene rings is 3. The topological polar surface area (TPSA) is 83.6 Å². The number of hydrogen-bond acceptors (Lipinski definition) is 4. The summed E-state index contributed by atoms with van der Waals surface area (Å²) in [5.41, 5.74) is 6.33. The number of sulfonamides is 2. The van der Waals surface area contributed by atoms with Crippen LogP contribution in [0.25, 0.3) is 0 Å². The van der Waals surface area contributed by atoms with Gasteiger partial charge in [-0.2, -0.15) is 0 Å². The van der Waals surface area contributed by atoms with E-state index in [1.54, 1.807) is 48.5 Å². The van der Waals surface area contributed by atoms with Gasteiger partial charge in [0.1, 0.15) is 0 Å². The van der Waals surface area contributed by atoms with Crippen LogP contribution in [0.1, 0.15) is 39.8 Å². The lowest BCUT2D eigenvalue weighted by Crippen LogP contribution is -2.35. The number of rotatable bonds is 5. The van der Waals surface area contributed by atoms with Crippen LogP contribution >= 0.6 is 0 Å². The molecule has 1 aliphatic rings. The normalized spacial score (nSPS) is 14.1. The van der Waals surface area contributed by atoms with E-state index in [9.17, 15) is 16.8 Å². The van der Waals surface area contributed by atoms with E-state index >= 15 is 0 Å². The zero-order valence-electron chi connectivity index (χ0n) is 20.1. The maximum absolute atomic E-state index is 13.4. The lowest BCUT2D eigenvalue weighted by molar-refractivity contribution is 0.586. The van der Waals surface area contributed by atoms with Crippen LogP contribution in [0, 0.1) is 34.6 Å². The van der Waals surface area contributed by atoms with E-state index in [-0.39, 0.29) is 4.90 Å². The molecular weight excluding hydrogens is 468 g/mol. The minimum atomic E-state index is -3.83. The molecule has 0 amide bonds. The van der Waals surface area contributed by atoms with Crippen molar-refractivity contribution in [2.45, 2.75) is 57.3 Å². The molecule has 0 fully saturated rings. The average Bonchev–Trinajstić information content (AvgIpc) is 2.81. The van der Waals surface area contributed by atoms with E-state index in [0.717, 1.165) is 33.4 Å². The molecule has 0 aromatic heterocycles. The van der Waals surface area contributed by atoms with Gasteiger partial charge >= 0.3 is 0 Å². The molecule has 8 heteroatoms. The van der Waals surface area contributed by atoms with Crippen molar-refractivity contribution in [3.05, 3.63) is 81.9 Å². The Morgan fingerprint density at radius 3 is 1.97 bits per heavy atom. The third kappa shape index (κ3) is 4.09. The number of aryl methyl sites for hydroxylation is 1. The third-order valence-electron chi connectivity index (χ3n) is 6.94. The van der Waals surface area contributed by atoms with E-state index in [1.807, 2.05) is 34.6 Å². The minimum absolute atomic E-state index is 0.240. The maximum atomic E-state index is 13.4. The number of hydrogen-bond donors (Lipinski definition) is 1. The van der Waals surface area contributed by atoms with E-state index in [4.69, 9.17) is 0 Å². The second kappa shape index (κ2) is 8.74. The van der Waals surface area contributed by atoms with Crippen molar-refractivity contribution in [1.29, 1.82) is 0 Å². The molecule has 0 atom stereocenters. The first-order valence-corrected chi connectivity index (χ1v) is 14.2. The average molecular weight is 499 g/mol. The van der Waals surface area contributed by atoms with Gasteiger partial charge in [-0.3, -0.25) is 9.03 Å². The predicted molar refractivity (Wildman–Crippen MR) is 137 cm³/mol. The first-order chi connectivity index (χ1) is 15.9. The highest BCUT2D eigenvalue weighted by Crippen LogP contribution is 2.35. The molecule has 0 radical (unpaired) electrons. The molecule has 1 aliphatic heterocycles. The van der Waals surface area contributed by atoms with Crippen molar-refractivity contribution in [2.24, 2.45) is 0 Å². The molecule has 1 N–H and O–H groups in total. The number of nitrogens with zero attached hydrogens (tertiary/aromatic N) is 1. The van der Waals surface area contributed by atoms with Crippen molar-refractivity contribution in [3.8, 4) is 0 Å². The van der Waals surface area contributed by atoms with Crippen LogP contribution in [0.15, 0.2) is 58.3 Å². The third-order valence-corrected chi connectivity index (χ3v) is 10.4. The molecule has 0 saturated carbocycles. The van der Waals surface area contributed by atoms with Crippen LogP contribution in [0.3, 0.4) is 0 Å². The summed E-state index contributed by atoms with van der Waals surface area (Å²) in [6, 6.07) is 13.4. The number of fused-ring (bicyclic) bond motifs is 1. The van der Waals surface area contributed by atoms with Gasteiger partial charge in [-0.1, -0.05) is 18.2 Å². The standard InChI is InChI=1S/C26H30N2O4S2/c1-17-18(2)20(4)26(21(5)19(17)3)33(29,30)27-23-13-14-25-22(16-23)10-9-15-28(25)34(31,32)24-11-7-6-8-12-24/h6-8,11-14,16,27H,9-10,15H2,1-5H3. The van der Waals surface area contributed by atoms with Crippen molar-refractivity contribution in [1.82, 2.24) is 0 Å². The Morgan fingerprint density at radius 1 is 0.765 bits per heavy atom. The lowest BCUT2D eigenvalue weighted by Gasteiger charge is -2.31. The Bertz CT molecular complexity index is 1450. The van der Waals surface area contributed by atoms with Gasteiger partial charge in [-0.05, 0) is 111 Å². The molecule has 180 valence electrons. The van der Waals surface area contributed by atoms with E-state index in [1.165, 1.54) is 4.31 Å². The SMILES string of the molecule is Cc1c(C)c(C)c(S(=O)(=O)Nc2ccc3c(c2)CCCN3S(=O)(=O)c2ccccc2)c(C)c1C. The fourth-order valence-corrected chi connectivity index (χ4v) is 7.88. The van der Waals surface area contributed by atoms with Gasteiger partial charge in [0.2, 0.25) is 0 Å². The summed E-state index contributed by atoms with van der Waals surface area (Å²) in [4.78, 5) is 0.544. The summed E-state index contributed by atoms with van der Waals surface area (Å²) in [7, 11) is -7.53. The van der Waals surface area contributed by atoms with E-state index in [0.29, 0.717) is 35.7 Å². The minimum Gasteiger partial charge on any atom is -0.280 e.